The minimum absolute atomic E-state index is 0.271. The first-order valence-corrected chi connectivity index (χ1v) is 6.19. The SMILES string of the molecule is COCC(O)CNC(C)Cc1ccccc1OC. The van der Waals surface area contributed by atoms with E-state index in [1.807, 2.05) is 18.2 Å². The molecule has 2 atom stereocenters. The van der Waals surface area contributed by atoms with Crippen molar-refractivity contribution in [3.05, 3.63) is 29.8 Å². The van der Waals surface area contributed by atoms with Gasteiger partial charge >= 0.3 is 0 Å². The van der Waals surface area contributed by atoms with Gasteiger partial charge in [-0.1, -0.05) is 18.2 Å². The van der Waals surface area contributed by atoms with Crippen molar-refractivity contribution < 1.29 is 14.6 Å². The van der Waals surface area contributed by atoms with Crippen molar-refractivity contribution in [1.29, 1.82) is 0 Å². The lowest BCUT2D eigenvalue weighted by atomic mass is 10.1. The lowest BCUT2D eigenvalue weighted by Crippen LogP contribution is -2.36. The van der Waals surface area contributed by atoms with Gasteiger partial charge in [0.15, 0.2) is 0 Å². The predicted octanol–water partition coefficient (Wildman–Crippen LogP) is 1.22. The molecular formula is C14H23NO3. The van der Waals surface area contributed by atoms with Crippen molar-refractivity contribution in [2.75, 3.05) is 27.4 Å². The summed E-state index contributed by atoms with van der Waals surface area (Å²) in [5, 5.41) is 12.8. The van der Waals surface area contributed by atoms with Crippen LogP contribution in [0.15, 0.2) is 24.3 Å². The highest BCUT2D eigenvalue weighted by molar-refractivity contribution is 5.33. The Morgan fingerprint density at radius 1 is 1.28 bits per heavy atom. The third-order valence-corrected chi connectivity index (χ3v) is 2.78. The molecule has 1 aromatic rings. The van der Waals surface area contributed by atoms with E-state index >= 15 is 0 Å². The number of hydrogen-bond acceptors (Lipinski definition) is 4. The Balaban J connectivity index is 2.41. The Labute approximate surface area is 109 Å². The highest BCUT2D eigenvalue weighted by Crippen LogP contribution is 2.18. The molecule has 0 aliphatic heterocycles. The van der Waals surface area contributed by atoms with Crippen LogP contribution < -0.4 is 10.1 Å². The van der Waals surface area contributed by atoms with Gasteiger partial charge in [0.1, 0.15) is 5.75 Å². The smallest absolute Gasteiger partial charge is 0.122 e. The summed E-state index contributed by atoms with van der Waals surface area (Å²) in [5.74, 6) is 0.906. The van der Waals surface area contributed by atoms with E-state index in [-0.39, 0.29) is 6.04 Å². The van der Waals surface area contributed by atoms with Crippen molar-refractivity contribution >= 4 is 0 Å². The molecule has 0 spiro atoms. The van der Waals surface area contributed by atoms with Crippen LogP contribution in [0.3, 0.4) is 0 Å². The number of methoxy groups -OCH3 is 2. The van der Waals surface area contributed by atoms with Crippen LogP contribution in [0.4, 0.5) is 0 Å². The summed E-state index contributed by atoms with van der Waals surface area (Å²) in [6.45, 7) is 2.98. The van der Waals surface area contributed by atoms with Crippen LogP contribution in [0.25, 0.3) is 0 Å². The molecule has 0 heterocycles. The topological polar surface area (TPSA) is 50.7 Å². The molecule has 0 amide bonds. The van der Waals surface area contributed by atoms with E-state index < -0.39 is 6.10 Å². The molecule has 0 bridgehead atoms. The molecular weight excluding hydrogens is 230 g/mol. The highest BCUT2D eigenvalue weighted by atomic mass is 16.5. The lowest BCUT2D eigenvalue weighted by Gasteiger charge is -2.18. The van der Waals surface area contributed by atoms with Gasteiger partial charge < -0.3 is 19.9 Å². The van der Waals surface area contributed by atoms with Crippen molar-refractivity contribution in [3.63, 3.8) is 0 Å². The van der Waals surface area contributed by atoms with E-state index in [0.717, 1.165) is 12.2 Å². The molecule has 0 saturated heterocycles. The van der Waals surface area contributed by atoms with Crippen LogP contribution in [-0.4, -0.2) is 44.6 Å². The second kappa shape index (κ2) is 8.08. The first kappa shape index (κ1) is 15.0. The third kappa shape index (κ3) is 5.04. The van der Waals surface area contributed by atoms with Gasteiger partial charge in [-0.25, -0.2) is 0 Å². The number of benzene rings is 1. The zero-order chi connectivity index (χ0) is 13.4. The van der Waals surface area contributed by atoms with Crippen LogP contribution in [0.1, 0.15) is 12.5 Å². The Morgan fingerprint density at radius 2 is 2.00 bits per heavy atom. The number of para-hydroxylation sites is 1. The Hall–Kier alpha value is -1.10. The molecule has 0 aliphatic rings. The fourth-order valence-electron chi connectivity index (χ4n) is 1.86. The Kier molecular flexibility index (Phi) is 6.72. The molecule has 4 nitrogen and oxygen atoms in total. The summed E-state index contributed by atoms with van der Waals surface area (Å²) in [7, 11) is 3.26. The fraction of sp³-hybridized carbons (Fsp3) is 0.571. The molecule has 0 aromatic heterocycles. The molecule has 0 fully saturated rings. The molecule has 1 aromatic carbocycles. The molecule has 0 radical (unpaired) electrons. The van der Waals surface area contributed by atoms with Gasteiger partial charge in [0.05, 0.1) is 19.8 Å². The molecule has 102 valence electrons. The van der Waals surface area contributed by atoms with Crippen molar-refractivity contribution in [1.82, 2.24) is 5.32 Å². The summed E-state index contributed by atoms with van der Waals surface area (Å²) < 4.78 is 10.2. The average Bonchev–Trinajstić information content (AvgIpc) is 2.37. The molecule has 1 rings (SSSR count). The largest absolute Gasteiger partial charge is 0.496 e. The summed E-state index contributed by atoms with van der Waals surface area (Å²) >= 11 is 0. The summed E-state index contributed by atoms with van der Waals surface area (Å²) in [6.07, 6.45) is 0.402. The highest BCUT2D eigenvalue weighted by Gasteiger charge is 2.09. The first-order chi connectivity index (χ1) is 8.67. The van der Waals surface area contributed by atoms with E-state index in [9.17, 15) is 5.11 Å². The normalized spacial score (nSPS) is 14.2. The quantitative estimate of drug-likeness (QED) is 0.731. The van der Waals surface area contributed by atoms with Gasteiger partial charge in [0.25, 0.3) is 0 Å². The van der Waals surface area contributed by atoms with Crippen molar-refractivity contribution in [2.24, 2.45) is 0 Å². The Bertz CT molecular complexity index is 344. The number of nitrogens with one attached hydrogen (secondary N) is 1. The maximum absolute atomic E-state index is 9.55. The molecule has 2 N–H and O–H groups in total. The van der Waals surface area contributed by atoms with Crippen molar-refractivity contribution in [3.8, 4) is 5.75 Å². The molecule has 4 heteroatoms. The third-order valence-electron chi connectivity index (χ3n) is 2.78. The fourth-order valence-corrected chi connectivity index (χ4v) is 1.86. The van der Waals surface area contributed by atoms with Crippen molar-refractivity contribution in [2.45, 2.75) is 25.5 Å². The van der Waals surface area contributed by atoms with Crippen LogP contribution in [0.2, 0.25) is 0 Å². The number of hydrogen-bond donors (Lipinski definition) is 2. The predicted molar refractivity (Wildman–Crippen MR) is 72.0 cm³/mol. The zero-order valence-corrected chi connectivity index (χ0v) is 11.3. The molecule has 0 saturated carbocycles. The number of aliphatic hydroxyl groups is 1. The minimum Gasteiger partial charge on any atom is -0.496 e. The number of aliphatic hydroxyl groups excluding tert-OH is 1. The minimum atomic E-state index is -0.463. The maximum Gasteiger partial charge on any atom is 0.122 e. The lowest BCUT2D eigenvalue weighted by molar-refractivity contribution is 0.0630. The van der Waals surface area contributed by atoms with Crippen LogP contribution >= 0.6 is 0 Å². The zero-order valence-electron chi connectivity index (χ0n) is 11.3. The average molecular weight is 253 g/mol. The van der Waals surface area contributed by atoms with Gasteiger partial charge in [-0.2, -0.15) is 0 Å². The summed E-state index contributed by atoms with van der Waals surface area (Å²) in [4.78, 5) is 0. The van der Waals surface area contributed by atoms with Gasteiger partial charge in [-0.15, -0.1) is 0 Å². The second-order valence-electron chi connectivity index (χ2n) is 4.43. The van der Waals surface area contributed by atoms with Crippen LogP contribution in [0, 0.1) is 0 Å². The van der Waals surface area contributed by atoms with Gasteiger partial charge in [-0.05, 0) is 25.0 Å². The van der Waals surface area contributed by atoms with Gasteiger partial charge in [-0.3, -0.25) is 0 Å². The van der Waals surface area contributed by atoms with E-state index in [2.05, 4.69) is 18.3 Å². The summed E-state index contributed by atoms with van der Waals surface area (Å²) in [6, 6.07) is 8.25. The number of rotatable bonds is 8. The standard InChI is InChI=1S/C14H23NO3/c1-11(15-9-13(16)10-17-2)8-12-6-4-5-7-14(12)18-3/h4-7,11,13,15-16H,8-10H2,1-3H3. The summed E-state index contributed by atoms with van der Waals surface area (Å²) in [5.41, 5.74) is 1.17. The Morgan fingerprint density at radius 3 is 2.67 bits per heavy atom. The number of ether oxygens (including phenoxy) is 2. The molecule has 2 unspecified atom stereocenters. The van der Waals surface area contributed by atoms with Crippen LogP contribution in [0.5, 0.6) is 5.75 Å². The monoisotopic (exact) mass is 253 g/mol. The van der Waals surface area contributed by atoms with E-state index in [4.69, 9.17) is 9.47 Å². The maximum atomic E-state index is 9.55. The van der Waals surface area contributed by atoms with Crippen LogP contribution in [-0.2, 0) is 11.2 Å². The molecule has 0 aliphatic carbocycles. The molecule has 18 heavy (non-hydrogen) atoms. The van der Waals surface area contributed by atoms with E-state index in [1.54, 1.807) is 14.2 Å². The van der Waals surface area contributed by atoms with E-state index in [0.29, 0.717) is 13.2 Å². The second-order valence-corrected chi connectivity index (χ2v) is 4.43. The van der Waals surface area contributed by atoms with Gasteiger partial charge in [0.2, 0.25) is 0 Å². The first-order valence-electron chi connectivity index (χ1n) is 6.19. The van der Waals surface area contributed by atoms with Gasteiger partial charge in [0, 0.05) is 19.7 Å². The van der Waals surface area contributed by atoms with E-state index in [1.165, 1.54) is 5.56 Å².